The smallest absolute Gasteiger partial charge is 0.129 e. The Morgan fingerprint density at radius 1 is 1.35 bits per heavy atom. The molecule has 17 heavy (non-hydrogen) atoms. The molecule has 1 heterocycles. The molecule has 0 radical (unpaired) electrons. The van der Waals surface area contributed by atoms with Gasteiger partial charge >= 0.3 is 0 Å². The normalized spacial score (nSPS) is 18.5. The van der Waals surface area contributed by atoms with Gasteiger partial charge in [0.25, 0.3) is 0 Å². The summed E-state index contributed by atoms with van der Waals surface area (Å²) in [5.74, 6) is 0.585. The maximum Gasteiger partial charge on any atom is 0.129 e. The van der Waals surface area contributed by atoms with Gasteiger partial charge in [0.05, 0.1) is 0 Å². The number of piperidine rings is 1. The lowest BCUT2D eigenvalue weighted by Crippen LogP contribution is -2.33. The van der Waals surface area contributed by atoms with Crippen LogP contribution in [0, 0.1) is 11.7 Å². The molecule has 2 rings (SSSR count). The molecule has 1 aromatic rings. The highest BCUT2D eigenvalue weighted by Gasteiger charge is 2.19. The Labute approximate surface area is 115 Å². The average Bonchev–Trinajstić information content (AvgIpc) is 2.34. The van der Waals surface area contributed by atoms with Crippen LogP contribution in [0.1, 0.15) is 18.4 Å². The van der Waals surface area contributed by atoms with Gasteiger partial charge in [0.15, 0.2) is 0 Å². The molecule has 1 nitrogen and oxygen atoms in total. The first-order valence-electron chi connectivity index (χ1n) is 5.91. The fraction of sp³-hybridized carbons (Fsp3) is 0.538. The van der Waals surface area contributed by atoms with Gasteiger partial charge in [-0.25, -0.2) is 4.39 Å². The van der Waals surface area contributed by atoms with Crippen LogP contribution in [0.15, 0.2) is 18.2 Å². The van der Waals surface area contributed by atoms with Crippen LogP contribution >= 0.6 is 27.5 Å². The fourth-order valence-corrected chi connectivity index (χ4v) is 3.00. The Kier molecular flexibility index (Phi) is 4.83. The first kappa shape index (κ1) is 13.3. The summed E-state index contributed by atoms with van der Waals surface area (Å²) in [6, 6.07) is 4.93. The number of alkyl halides is 1. The van der Waals surface area contributed by atoms with Gasteiger partial charge in [0.1, 0.15) is 5.82 Å². The average molecular weight is 321 g/mol. The Hall–Kier alpha value is -0.120. The molecule has 0 saturated carbocycles. The maximum atomic E-state index is 13.6. The number of benzene rings is 1. The van der Waals surface area contributed by atoms with Crippen molar-refractivity contribution in [1.82, 2.24) is 4.90 Å². The molecule has 1 aliphatic rings. The quantitative estimate of drug-likeness (QED) is 0.758. The highest BCUT2D eigenvalue weighted by atomic mass is 79.9. The maximum absolute atomic E-state index is 13.6. The minimum atomic E-state index is -0.194. The molecule has 0 N–H and O–H groups in total. The number of nitrogens with zero attached hydrogens (tertiary/aromatic N) is 1. The number of hydrogen-bond acceptors (Lipinski definition) is 1. The lowest BCUT2D eigenvalue weighted by molar-refractivity contribution is 0.185. The van der Waals surface area contributed by atoms with Crippen molar-refractivity contribution in [2.75, 3.05) is 18.4 Å². The Morgan fingerprint density at radius 3 is 2.65 bits per heavy atom. The van der Waals surface area contributed by atoms with Crippen molar-refractivity contribution in [3.8, 4) is 0 Å². The van der Waals surface area contributed by atoms with Crippen LogP contribution in [0.25, 0.3) is 0 Å². The Bertz CT molecular complexity index is 378. The molecular formula is C13H16BrClFN. The van der Waals surface area contributed by atoms with Crippen molar-refractivity contribution in [2.45, 2.75) is 19.4 Å². The van der Waals surface area contributed by atoms with E-state index in [-0.39, 0.29) is 5.82 Å². The van der Waals surface area contributed by atoms with Crippen LogP contribution in [-0.4, -0.2) is 23.3 Å². The standard InChI is InChI=1S/C13H16BrClFN/c14-8-10-3-5-17(6-4-10)9-11-1-2-12(15)7-13(11)16/h1-2,7,10H,3-6,8-9H2. The molecule has 1 aromatic carbocycles. The predicted molar refractivity (Wildman–Crippen MR) is 73.2 cm³/mol. The Morgan fingerprint density at radius 2 is 2.06 bits per heavy atom. The van der Waals surface area contributed by atoms with E-state index in [9.17, 15) is 4.39 Å². The molecule has 0 bridgehead atoms. The zero-order valence-corrected chi connectivity index (χ0v) is 12.0. The van der Waals surface area contributed by atoms with E-state index in [1.54, 1.807) is 12.1 Å². The molecule has 1 saturated heterocycles. The summed E-state index contributed by atoms with van der Waals surface area (Å²) < 4.78 is 13.6. The number of halogens is 3. The van der Waals surface area contributed by atoms with Gasteiger partial charge in [-0.05, 0) is 44.0 Å². The molecule has 0 aromatic heterocycles. The van der Waals surface area contributed by atoms with Crippen LogP contribution in [0.2, 0.25) is 5.02 Å². The summed E-state index contributed by atoms with van der Waals surface area (Å²) >= 11 is 9.26. The molecule has 0 atom stereocenters. The molecule has 1 fully saturated rings. The van der Waals surface area contributed by atoms with E-state index in [0.29, 0.717) is 11.6 Å². The molecule has 0 spiro atoms. The minimum Gasteiger partial charge on any atom is -0.299 e. The van der Waals surface area contributed by atoms with E-state index >= 15 is 0 Å². The van der Waals surface area contributed by atoms with E-state index in [1.807, 2.05) is 0 Å². The molecule has 0 aliphatic carbocycles. The summed E-state index contributed by atoms with van der Waals surface area (Å²) in [5, 5.41) is 1.54. The van der Waals surface area contributed by atoms with E-state index in [1.165, 1.54) is 18.9 Å². The summed E-state index contributed by atoms with van der Waals surface area (Å²) in [6.07, 6.45) is 2.39. The van der Waals surface area contributed by atoms with Crippen molar-refractivity contribution in [2.24, 2.45) is 5.92 Å². The van der Waals surface area contributed by atoms with Gasteiger partial charge < -0.3 is 0 Å². The van der Waals surface area contributed by atoms with Gasteiger partial charge in [-0.2, -0.15) is 0 Å². The highest BCUT2D eigenvalue weighted by molar-refractivity contribution is 9.09. The molecule has 0 amide bonds. The number of likely N-dealkylation sites (tertiary alicyclic amines) is 1. The predicted octanol–water partition coefficient (Wildman–Crippen LogP) is 4.09. The van der Waals surface area contributed by atoms with Gasteiger partial charge in [0.2, 0.25) is 0 Å². The van der Waals surface area contributed by atoms with E-state index < -0.39 is 0 Å². The van der Waals surface area contributed by atoms with Crippen molar-refractivity contribution >= 4 is 27.5 Å². The SMILES string of the molecule is Fc1cc(Cl)ccc1CN1CCC(CBr)CC1. The first-order valence-corrected chi connectivity index (χ1v) is 7.41. The number of hydrogen-bond donors (Lipinski definition) is 0. The van der Waals surface area contributed by atoms with E-state index in [0.717, 1.165) is 29.9 Å². The summed E-state index contributed by atoms with van der Waals surface area (Å²) in [4.78, 5) is 2.31. The third kappa shape index (κ3) is 3.67. The lowest BCUT2D eigenvalue weighted by Gasteiger charge is -2.31. The molecule has 1 aliphatic heterocycles. The van der Waals surface area contributed by atoms with E-state index in [4.69, 9.17) is 11.6 Å². The van der Waals surface area contributed by atoms with Crippen LogP contribution in [-0.2, 0) is 6.54 Å². The van der Waals surface area contributed by atoms with Crippen LogP contribution < -0.4 is 0 Å². The van der Waals surface area contributed by atoms with Crippen LogP contribution in [0.5, 0.6) is 0 Å². The van der Waals surface area contributed by atoms with Crippen molar-refractivity contribution in [1.29, 1.82) is 0 Å². The fourth-order valence-electron chi connectivity index (χ4n) is 2.19. The van der Waals surface area contributed by atoms with Crippen LogP contribution in [0.4, 0.5) is 4.39 Å². The Balaban J connectivity index is 1.93. The monoisotopic (exact) mass is 319 g/mol. The number of rotatable bonds is 3. The summed E-state index contributed by atoms with van der Waals surface area (Å²) in [6.45, 7) is 2.80. The zero-order valence-electron chi connectivity index (χ0n) is 9.63. The third-order valence-corrected chi connectivity index (χ3v) is 4.49. The third-order valence-electron chi connectivity index (χ3n) is 3.33. The van der Waals surface area contributed by atoms with Crippen molar-refractivity contribution in [3.05, 3.63) is 34.6 Å². The molecule has 0 unspecified atom stereocenters. The second-order valence-electron chi connectivity index (χ2n) is 4.61. The van der Waals surface area contributed by atoms with Gasteiger partial charge in [-0.3, -0.25) is 4.90 Å². The second kappa shape index (κ2) is 6.17. The highest BCUT2D eigenvalue weighted by Crippen LogP contribution is 2.22. The van der Waals surface area contributed by atoms with Crippen LogP contribution in [0.3, 0.4) is 0 Å². The van der Waals surface area contributed by atoms with Gasteiger partial charge in [0, 0.05) is 22.5 Å². The largest absolute Gasteiger partial charge is 0.299 e. The summed E-state index contributed by atoms with van der Waals surface area (Å²) in [7, 11) is 0. The summed E-state index contributed by atoms with van der Waals surface area (Å²) in [5.41, 5.74) is 0.742. The minimum absolute atomic E-state index is 0.194. The van der Waals surface area contributed by atoms with Crippen molar-refractivity contribution < 1.29 is 4.39 Å². The molecular weight excluding hydrogens is 305 g/mol. The second-order valence-corrected chi connectivity index (χ2v) is 5.69. The molecule has 4 heteroatoms. The van der Waals surface area contributed by atoms with Gasteiger partial charge in [-0.15, -0.1) is 0 Å². The van der Waals surface area contributed by atoms with E-state index in [2.05, 4.69) is 20.8 Å². The first-order chi connectivity index (χ1) is 8.19. The van der Waals surface area contributed by atoms with Gasteiger partial charge in [-0.1, -0.05) is 33.6 Å². The molecule has 94 valence electrons. The zero-order chi connectivity index (χ0) is 12.3. The lowest BCUT2D eigenvalue weighted by atomic mass is 9.99. The topological polar surface area (TPSA) is 3.24 Å². The van der Waals surface area contributed by atoms with Crippen molar-refractivity contribution in [3.63, 3.8) is 0 Å².